The van der Waals surface area contributed by atoms with E-state index in [2.05, 4.69) is 33.4 Å². The first-order valence-electron chi connectivity index (χ1n) is 4.59. The van der Waals surface area contributed by atoms with Gasteiger partial charge in [-0.1, -0.05) is 26.5 Å². The third-order valence-corrected chi connectivity index (χ3v) is 2.88. The monoisotopic (exact) mass is 166 g/mol. The van der Waals surface area contributed by atoms with Gasteiger partial charge in [-0.2, -0.15) is 0 Å². The van der Waals surface area contributed by atoms with E-state index in [0.29, 0.717) is 5.92 Å². The molecule has 1 rings (SSSR count). The highest BCUT2D eigenvalue weighted by molar-refractivity contribution is 5.12. The zero-order chi connectivity index (χ0) is 9.14. The molecule has 0 heterocycles. The van der Waals surface area contributed by atoms with Gasteiger partial charge in [0.1, 0.15) is 6.10 Å². The summed E-state index contributed by atoms with van der Waals surface area (Å²) in [7, 11) is 0. The van der Waals surface area contributed by atoms with Gasteiger partial charge in [0.2, 0.25) is 0 Å². The predicted octanol–water partition coefficient (Wildman–Crippen LogP) is 3.14. The summed E-state index contributed by atoms with van der Waals surface area (Å²) in [5.74, 6) is 1.33. The standard InChI is InChI=1S/C11H18O/c1-5-12-11-9(3)7-6-8(2)10(11)4/h5,7-8,10-11H,1,6H2,2-4H3/t8-,10+,11-/m0/s1. The van der Waals surface area contributed by atoms with Crippen molar-refractivity contribution in [3.63, 3.8) is 0 Å². The van der Waals surface area contributed by atoms with Gasteiger partial charge < -0.3 is 4.74 Å². The zero-order valence-corrected chi connectivity index (χ0v) is 8.21. The van der Waals surface area contributed by atoms with Gasteiger partial charge in [0.25, 0.3) is 0 Å². The van der Waals surface area contributed by atoms with E-state index in [1.165, 1.54) is 12.0 Å². The number of ether oxygens (including phenoxy) is 1. The Labute approximate surface area is 75.1 Å². The second kappa shape index (κ2) is 3.79. The van der Waals surface area contributed by atoms with Crippen molar-refractivity contribution in [2.24, 2.45) is 11.8 Å². The van der Waals surface area contributed by atoms with Crippen molar-refractivity contribution in [3.05, 3.63) is 24.5 Å². The molecule has 0 fully saturated rings. The lowest BCUT2D eigenvalue weighted by Crippen LogP contribution is -2.29. The van der Waals surface area contributed by atoms with Crippen molar-refractivity contribution in [2.75, 3.05) is 0 Å². The minimum absolute atomic E-state index is 0.256. The van der Waals surface area contributed by atoms with Crippen molar-refractivity contribution in [3.8, 4) is 0 Å². The number of rotatable bonds is 2. The third-order valence-electron chi connectivity index (χ3n) is 2.88. The fraction of sp³-hybridized carbons (Fsp3) is 0.636. The Hall–Kier alpha value is -0.720. The third kappa shape index (κ3) is 1.71. The van der Waals surface area contributed by atoms with Gasteiger partial charge in [-0.15, -0.1) is 0 Å². The van der Waals surface area contributed by atoms with Crippen molar-refractivity contribution in [2.45, 2.75) is 33.3 Å². The van der Waals surface area contributed by atoms with E-state index in [-0.39, 0.29) is 6.10 Å². The number of hydrogen-bond acceptors (Lipinski definition) is 1. The highest BCUT2D eigenvalue weighted by Gasteiger charge is 2.27. The van der Waals surface area contributed by atoms with Crippen LogP contribution in [-0.4, -0.2) is 6.10 Å². The van der Waals surface area contributed by atoms with Crippen molar-refractivity contribution in [1.82, 2.24) is 0 Å². The quantitative estimate of drug-likeness (QED) is 0.452. The molecular weight excluding hydrogens is 148 g/mol. The number of hydrogen-bond donors (Lipinski definition) is 0. The maximum absolute atomic E-state index is 5.47. The first-order chi connectivity index (χ1) is 5.66. The molecule has 0 aromatic heterocycles. The average Bonchev–Trinajstić information content (AvgIpc) is 2.06. The van der Waals surface area contributed by atoms with Crippen LogP contribution in [0.1, 0.15) is 27.2 Å². The molecule has 3 atom stereocenters. The number of allylic oxidation sites excluding steroid dienone is 1. The Bertz CT molecular complexity index is 193. The maximum Gasteiger partial charge on any atom is 0.121 e. The van der Waals surface area contributed by atoms with Crippen LogP contribution >= 0.6 is 0 Å². The highest BCUT2D eigenvalue weighted by Crippen LogP contribution is 2.31. The summed E-state index contributed by atoms with van der Waals surface area (Å²) >= 11 is 0. The Kier molecular flexibility index (Phi) is 2.96. The van der Waals surface area contributed by atoms with Gasteiger partial charge in [0.15, 0.2) is 0 Å². The van der Waals surface area contributed by atoms with E-state index in [0.717, 1.165) is 5.92 Å². The van der Waals surface area contributed by atoms with Crippen LogP contribution in [0.5, 0.6) is 0 Å². The lowest BCUT2D eigenvalue weighted by Gasteiger charge is -2.32. The van der Waals surface area contributed by atoms with Gasteiger partial charge in [-0.05, 0) is 30.8 Å². The van der Waals surface area contributed by atoms with Crippen LogP contribution in [0.2, 0.25) is 0 Å². The summed E-state index contributed by atoms with van der Waals surface area (Å²) in [6.45, 7) is 10.3. The van der Waals surface area contributed by atoms with Crippen molar-refractivity contribution >= 4 is 0 Å². The van der Waals surface area contributed by atoms with Crippen molar-refractivity contribution < 1.29 is 4.74 Å². The van der Waals surface area contributed by atoms with Crippen LogP contribution in [0.15, 0.2) is 24.5 Å². The second-order valence-corrected chi connectivity index (χ2v) is 3.74. The average molecular weight is 166 g/mol. The molecule has 1 heteroatoms. The lowest BCUT2D eigenvalue weighted by atomic mass is 9.80. The van der Waals surface area contributed by atoms with Crippen LogP contribution in [0, 0.1) is 11.8 Å². The molecule has 0 spiro atoms. The van der Waals surface area contributed by atoms with Crippen LogP contribution in [0.25, 0.3) is 0 Å². The fourth-order valence-corrected chi connectivity index (χ4v) is 1.75. The molecule has 1 nitrogen and oxygen atoms in total. The highest BCUT2D eigenvalue weighted by atomic mass is 16.5. The van der Waals surface area contributed by atoms with E-state index in [4.69, 9.17) is 4.74 Å². The van der Waals surface area contributed by atoms with Crippen LogP contribution in [0.3, 0.4) is 0 Å². The topological polar surface area (TPSA) is 9.23 Å². The summed E-state index contributed by atoms with van der Waals surface area (Å²) < 4.78 is 5.47. The Morgan fingerprint density at radius 3 is 2.83 bits per heavy atom. The summed E-state index contributed by atoms with van der Waals surface area (Å²) in [6, 6.07) is 0. The molecule has 0 N–H and O–H groups in total. The van der Waals surface area contributed by atoms with E-state index in [1.807, 2.05) is 0 Å². The first-order valence-corrected chi connectivity index (χ1v) is 4.59. The molecule has 12 heavy (non-hydrogen) atoms. The molecule has 0 aromatic carbocycles. The Morgan fingerprint density at radius 2 is 2.25 bits per heavy atom. The van der Waals surface area contributed by atoms with E-state index >= 15 is 0 Å². The zero-order valence-electron chi connectivity index (χ0n) is 8.21. The molecule has 0 saturated carbocycles. The van der Waals surface area contributed by atoms with Crippen LogP contribution in [-0.2, 0) is 4.74 Å². The van der Waals surface area contributed by atoms with Gasteiger partial charge in [-0.25, -0.2) is 0 Å². The largest absolute Gasteiger partial charge is 0.494 e. The lowest BCUT2D eigenvalue weighted by molar-refractivity contribution is 0.0898. The summed E-state index contributed by atoms with van der Waals surface area (Å²) in [6.07, 6.45) is 5.27. The summed E-state index contributed by atoms with van der Waals surface area (Å²) in [4.78, 5) is 0. The molecule has 0 amide bonds. The van der Waals surface area contributed by atoms with E-state index in [1.54, 1.807) is 6.26 Å². The minimum Gasteiger partial charge on any atom is -0.494 e. The summed E-state index contributed by atoms with van der Waals surface area (Å²) in [5, 5.41) is 0. The predicted molar refractivity (Wildman–Crippen MR) is 51.8 cm³/mol. The SMILES string of the molecule is C=CO[C@H]1C(C)=CC[C@H](C)[C@H]1C. The molecule has 1 aliphatic carbocycles. The van der Waals surface area contributed by atoms with Gasteiger partial charge in [0, 0.05) is 0 Å². The maximum atomic E-state index is 5.47. The normalized spacial score (nSPS) is 35.6. The molecule has 0 aromatic rings. The fourth-order valence-electron chi connectivity index (χ4n) is 1.75. The Balaban J connectivity index is 2.72. The van der Waals surface area contributed by atoms with E-state index in [9.17, 15) is 0 Å². The molecule has 0 bridgehead atoms. The second-order valence-electron chi connectivity index (χ2n) is 3.74. The molecular formula is C11H18O. The Morgan fingerprint density at radius 1 is 1.58 bits per heavy atom. The molecule has 0 radical (unpaired) electrons. The first kappa shape index (κ1) is 9.37. The molecule has 68 valence electrons. The van der Waals surface area contributed by atoms with Gasteiger partial charge >= 0.3 is 0 Å². The van der Waals surface area contributed by atoms with Crippen LogP contribution in [0.4, 0.5) is 0 Å². The minimum atomic E-state index is 0.256. The molecule has 1 aliphatic rings. The molecule has 0 unspecified atom stereocenters. The van der Waals surface area contributed by atoms with Crippen LogP contribution < -0.4 is 0 Å². The molecule has 0 saturated heterocycles. The van der Waals surface area contributed by atoms with Gasteiger partial charge in [0.05, 0.1) is 6.26 Å². The van der Waals surface area contributed by atoms with Crippen molar-refractivity contribution in [1.29, 1.82) is 0 Å². The molecule has 0 aliphatic heterocycles. The van der Waals surface area contributed by atoms with Gasteiger partial charge in [-0.3, -0.25) is 0 Å². The summed E-state index contributed by atoms with van der Waals surface area (Å²) in [5.41, 5.74) is 1.35. The van der Waals surface area contributed by atoms with E-state index < -0.39 is 0 Å². The smallest absolute Gasteiger partial charge is 0.121 e.